The van der Waals surface area contributed by atoms with Crippen LogP contribution in [-0.2, 0) is 9.47 Å². The summed E-state index contributed by atoms with van der Waals surface area (Å²) in [5.74, 6) is 0. The summed E-state index contributed by atoms with van der Waals surface area (Å²) in [5, 5.41) is 53.7. The molecule has 0 bridgehead atoms. The molecule has 0 aromatic carbocycles. The highest BCUT2D eigenvalue weighted by atomic mass is 16.7. The zero-order chi connectivity index (χ0) is 19.6. The van der Waals surface area contributed by atoms with Crippen molar-refractivity contribution in [3.05, 3.63) is 0 Å². The van der Waals surface area contributed by atoms with Crippen LogP contribution in [0.4, 0.5) is 0 Å². The molecule has 154 valence electrons. The third-order valence-electron chi connectivity index (χ3n) is 5.16. The van der Waals surface area contributed by atoms with Crippen LogP contribution in [0.3, 0.4) is 0 Å². The van der Waals surface area contributed by atoms with E-state index in [-0.39, 0.29) is 6.04 Å². The number of rotatable bonds is 6. The predicted octanol–water partition coefficient (Wildman–Crippen LogP) is -3.65. The van der Waals surface area contributed by atoms with Gasteiger partial charge in [0.25, 0.3) is 0 Å². The molecule has 10 heteroatoms. The first-order chi connectivity index (χ1) is 12.2. The molecule has 1 saturated heterocycles. The van der Waals surface area contributed by atoms with E-state index in [1.807, 2.05) is 6.92 Å². The van der Waals surface area contributed by atoms with Gasteiger partial charge in [-0.25, -0.2) is 0 Å². The first-order valence-electron chi connectivity index (χ1n) is 9.14. The van der Waals surface area contributed by atoms with E-state index in [0.29, 0.717) is 13.0 Å². The molecule has 1 heterocycles. The zero-order valence-corrected chi connectivity index (χ0v) is 15.2. The van der Waals surface area contributed by atoms with Gasteiger partial charge < -0.3 is 51.8 Å². The Morgan fingerprint density at radius 2 is 1.77 bits per heavy atom. The summed E-state index contributed by atoms with van der Waals surface area (Å²) in [7, 11) is 0. The number of ether oxygens (including phenoxy) is 2. The molecule has 0 aromatic heterocycles. The quantitative estimate of drug-likeness (QED) is 0.229. The van der Waals surface area contributed by atoms with Gasteiger partial charge in [0.05, 0.1) is 18.2 Å². The maximum Gasteiger partial charge on any atom is 0.176 e. The maximum absolute atomic E-state index is 10.4. The molecule has 10 nitrogen and oxygen atoms in total. The first kappa shape index (κ1) is 21.9. The first-order valence-corrected chi connectivity index (χ1v) is 9.14. The fourth-order valence-electron chi connectivity index (χ4n) is 3.55. The van der Waals surface area contributed by atoms with Crippen LogP contribution in [0.5, 0.6) is 0 Å². The highest BCUT2D eigenvalue weighted by molar-refractivity contribution is 5.00. The van der Waals surface area contributed by atoms with Crippen molar-refractivity contribution in [3.63, 3.8) is 0 Å². The van der Waals surface area contributed by atoms with Gasteiger partial charge in [-0.2, -0.15) is 0 Å². The molecule has 1 aliphatic carbocycles. The van der Waals surface area contributed by atoms with Crippen molar-refractivity contribution in [3.8, 4) is 0 Å². The summed E-state index contributed by atoms with van der Waals surface area (Å²) in [5.41, 5.74) is 12.0. The lowest BCUT2D eigenvalue weighted by Crippen LogP contribution is -2.68. The molecule has 5 unspecified atom stereocenters. The van der Waals surface area contributed by atoms with E-state index in [0.717, 1.165) is 6.42 Å². The molecule has 2 aliphatic rings. The minimum atomic E-state index is -1.38. The van der Waals surface area contributed by atoms with Crippen LogP contribution in [0.1, 0.15) is 26.7 Å². The lowest BCUT2D eigenvalue weighted by Gasteiger charge is -2.47. The molecule has 0 aromatic rings. The third kappa shape index (κ3) is 4.53. The van der Waals surface area contributed by atoms with Gasteiger partial charge in [-0.05, 0) is 26.3 Å². The van der Waals surface area contributed by atoms with Crippen LogP contribution in [0.15, 0.2) is 0 Å². The van der Waals surface area contributed by atoms with Gasteiger partial charge in [0, 0.05) is 12.1 Å². The minimum absolute atomic E-state index is 0.363. The zero-order valence-electron chi connectivity index (χ0n) is 15.2. The van der Waals surface area contributed by atoms with E-state index in [2.05, 4.69) is 5.32 Å². The van der Waals surface area contributed by atoms with Gasteiger partial charge in [-0.15, -0.1) is 0 Å². The van der Waals surface area contributed by atoms with Crippen LogP contribution >= 0.6 is 0 Å². The van der Waals surface area contributed by atoms with Crippen molar-refractivity contribution >= 4 is 0 Å². The summed E-state index contributed by atoms with van der Waals surface area (Å²) in [6.45, 7) is 4.08. The molecule has 1 aliphatic heterocycles. The second kappa shape index (κ2) is 9.20. The third-order valence-corrected chi connectivity index (χ3v) is 5.16. The topological polar surface area (TPSA) is 184 Å². The molecule has 2 fully saturated rings. The molecule has 11 atom stereocenters. The summed E-state index contributed by atoms with van der Waals surface area (Å²) in [6, 6.07) is -2.07. The fraction of sp³-hybridized carbons (Fsp3) is 1.00. The molecule has 26 heavy (non-hydrogen) atoms. The second-order valence-corrected chi connectivity index (χ2v) is 7.31. The van der Waals surface area contributed by atoms with Gasteiger partial charge in [0.2, 0.25) is 0 Å². The number of aliphatic hydroxyl groups excluding tert-OH is 5. The minimum Gasteiger partial charge on any atom is -0.391 e. The Morgan fingerprint density at radius 1 is 1.12 bits per heavy atom. The Balaban J connectivity index is 2.06. The lowest BCUT2D eigenvalue weighted by atomic mass is 9.84. The van der Waals surface area contributed by atoms with Gasteiger partial charge in [0.15, 0.2) is 6.29 Å². The predicted molar refractivity (Wildman–Crippen MR) is 91.9 cm³/mol. The smallest absolute Gasteiger partial charge is 0.176 e. The van der Waals surface area contributed by atoms with Gasteiger partial charge in [-0.3, -0.25) is 0 Å². The van der Waals surface area contributed by atoms with E-state index < -0.39 is 61.1 Å². The maximum atomic E-state index is 10.4. The highest BCUT2D eigenvalue weighted by Gasteiger charge is 2.49. The van der Waals surface area contributed by atoms with Crippen molar-refractivity contribution in [1.29, 1.82) is 0 Å². The van der Waals surface area contributed by atoms with E-state index in [4.69, 9.17) is 20.9 Å². The van der Waals surface area contributed by atoms with E-state index in [1.165, 1.54) is 6.92 Å². The van der Waals surface area contributed by atoms with Crippen LogP contribution in [0.2, 0.25) is 0 Å². The summed E-state index contributed by atoms with van der Waals surface area (Å²) in [4.78, 5) is 0. The second-order valence-electron chi connectivity index (χ2n) is 7.31. The molecule has 2 rings (SSSR count). The van der Waals surface area contributed by atoms with Crippen molar-refractivity contribution in [2.24, 2.45) is 11.5 Å². The average Bonchev–Trinajstić information content (AvgIpc) is 2.60. The number of nitrogens with two attached hydrogens (primary N) is 2. The Kier molecular flexibility index (Phi) is 7.74. The molecular weight excluding hydrogens is 346 g/mol. The van der Waals surface area contributed by atoms with Crippen LogP contribution in [-0.4, -0.2) is 99.2 Å². The summed E-state index contributed by atoms with van der Waals surface area (Å²) < 4.78 is 11.2. The Bertz CT molecular complexity index is 444. The molecule has 10 N–H and O–H groups in total. The SMILES string of the molecule is CCCNC1CC(N)[C@@H](O[C@H]2OC([C@@H](C)O)[C@@H](O)C(O)[C@@H]2N)C(O)[C@@H]1O. The number of aliphatic hydroxyl groups is 5. The molecule has 1 saturated carbocycles. The number of hydrogen-bond donors (Lipinski definition) is 8. The van der Waals surface area contributed by atoms with E-state index in [1.54, 1.807) is 0 Å². The Hall–Kier alpha value is -0.400. The Labute approximate surface area is 153 Å². The Morgan fingerprint density at radius 3 is 2.35 bits per heavy atom. The van der Waals surface area contributed by atoms with Crippen molar-refractivity contribution in [2.45, 2.75) is 93.8 Å². The van der Waals surface area contributed by atoms with Crippen LogP contribution in [0.25, 0.3) is 0 Å². The van der Waals surface area contributed by atoms with Crippen molar-refractivity contribution < 1.29 is 35.0 Å². The van der Waals surface area contributed by atoms with E-state index in [9.17, 15) is 25.5 Å². The fourth-order valence-corrected chi connectivity index (χ4v) is 3.55. The van der Waals surface area contributed by atoms with Crippen molar-refractivity contribution in [1.82, 2.24) is 5.32 Å². The molecule has 0 amide bonds. The van der Waals surface area contributed by atoms with Crippen LogP contribution in [0, 0.1) is 0 Å². The lowest BCUT2D eigenvalue weighted by molar-refractivity contribution is -0.301. The molecule has 0 radical (unpaired) electrons. The average molecular weight is 379 g/mol. The normalized spacial score (nSPS) is 48.3. The largest absolute Gasteiger partial charge is 0.391 e. The summed E-state index contributed by atoms with van der Waals surface area (Å²) >= 11 is 0. The number of hydrogen-bond acceptors (Lipinski definition) is 10. The standard InChI is InChI=1S/C16H33N3O7/c1-3-4-19-8-5-7(17)15(12(23)10(8)21)26-16-9(18)11(22)13(24)14(25-16)6(2)20/h6-16,19-24H,3-5,17-18H2,1-2H3/t6-,7?,8?,9+,10-,11?,12?,13+,14?,15-,16-/m1/s1. The van der Waals surface area contributed by atoms with Crippen LogP contribution < -0.4 is 16.8 Å². The van der Waals surface area contributed by atoms with E-state index >= 15 is 0 Å². The van der Waals surface area contributed by atoms with Gasteiger partial charge >= 0.3 is 0 Å². The monoisotopic (exact) mass is 379 g/mol. The van der Waals surface area contributed by atoms with Gasteiger partial charge in [-0.1, -0.05) is 6.92 Å². The van der Waals surface area contributed by atoms with Crippen molar-refractivity contribution in [2.75, 3.05) is 6.54 Å². The number of nitrogens with one attached hydrogen (secondary N) is 1. The highest BCUT2D eigenvalue weighted by Crippen LogP contribution is 2.28. The van der Waals surface area contributed by atoms with Gasteiger partial charge in [0.1, 0.15) is 30.5 Å². The molecule has 0 spiro atoms. The molecular formula is C16H33N3O7. The summed E-state index contributed by atoms with van der Waals surface area (Å²) in [6.07, 6.45) is -8.23.